The van der Waals surface area contributed by atoms with Crippen LogP contribution in [0.15, 0.2) is 42.6 Å². The lowest BCUT2D eigenvalue weighted by Gasteiger charge is -2.13. The lowest BCUT2D eigenvalue weighted by Crippen LogP contribution is -2.15. The van der Waals surface area contributed by atoms with Crippen molar-refractivity contribution in [3.8, 4) is 28.7 Å². The fourth-order valence-corrected chi connectivity index (χ4v) is 3.10. The zero-order valence-corrected chi connectivity index (χ0v) is 15.9. The van der Waals surface area contributed by atoms with E-state index in [1.807, 2.05) is 34.9 Å². The van der Waals surface area contributed by atoms with Crippen molar-refractivity contribution in [2.45, 2.75) is 19.1 Å². The first kappa shape index (κ1) is 18.4. The number of methoxy groups -OCH3 is 2. The number of aromatic nitrogens is 4. The van der Waals surface area contributed by atoms with Crippen LogP contribution < -0.4 is 9.47 Å². The predicted molar refractivity (Wildman–Crippen MR) is 102 cm³/mol. The molecule has 1 fully saturated rings. The third-order valence-electron chi connectivity index (χ3n) is 4.49. The van der Waals surface area contributed by atoms with E-state index in [1.165, 1.54) is 0 Å². The summed E-state index contributed by atoms with van der Waals surface area (Å²) in [6.45, 7) is 1.73. The second-order valence-electron chi connectivity index (χ2n) is 6.39. The van der Waals surface area contributed by atoms with Gasteiger partial charge in [0.25, 0.3) is 0 Å². The van der Waals surface area contributed by atoms with Crippen LogP contribution in [0.25, 0.3) is 17.1 Å². The molecule has 1 aromatic carbocycles. The first-order valence-corrected chi connectivity index (χ1v) is 9.07. The van der Waals surface area contributed by atoms with Crippen LogP contribution in [0, 0.1) is 0 Å². The molecule has 1 aliphatic rings. The molecular weight excluding hydrogens is 360 g/mol. The van der Waals surface area contributed by atoms with Gasteiger partial charge in [0.1, 0.15) is 18.5 Å². The highest BCUT2D eigenvalue weighted by atomic mass is 16.5. The Bertz CT molecular complexity index is 903. The van der Waals surface area contributed by atoms with Crippen molar-refractivity contribution in [3.05, 3.63) is 48.4 Å². The van der Waals surface area contributed by atoms with Gasteiger partial charge in [-0.2, -0.15) is 0 Å². The monoisotopic (exact) mass is 382 g/mol. The molecule has 0 aliphatic carbocycles. The van der Waals surface area contributed by atoms with E-state index >= 15 is 0 Å². The minimum absolute atomic E-state index is 0.119. The van der Waals surface area contributed by atoms with Gasteiger partial charge in [0.05, 0.1) is 32.2 Å². The van der Waals surface area contributed by atoms with E-state index in [0.717, 1.165) is 30.0 Å². The molecule has 146 valence electrons. The molecule has 1 saturated heterocycles. The molecule has 0 radical (unpaired) electrons. The Morgan fingerprint density at radius 3 is 2.61 bits per heavy atom. The Morgan fingerprint density at radius 2 is 1.96 bits per heavy atom. The summed E-state index contributed by atoms with van der Waals surface area (Å²) in [7, 11) is 3.22. The second kappa shape index (κ2) is 8.37. The highest BCUT2D eigenvalue weighted by molar-refractivity contribution is 5.59. The molecule has 3 aromatic rings. The Labute approximate surface area is 163 Å². The third-order valence-corrected chi connectivity index (χ3v) is 4.49. The van der Waals surface area contributed by atoms with Gasteiger partial charge >= 0.3 is 0 Å². The summed E-state index contributed by atoms with van der Waals surface area (Å²) in [4.78, 5) is 4.29. The zero-order chi connectivity index (χ0) is 19.3. The van der Waals surface area contributed by atoms with E-state index in [0.29, 0.717) is 30.7 Å². The average molecular weight is 382 g/mol. The molecule has 0 amide bonds. The molecule has 1 aliphatic heterocycles. The van der Waals surface area contributed by atoms with Crippen molar-refractivity contribution in [1.29, 1.82) is 0 Å². The summed E-state index contributed by atoms with van der Waals surface area (Å²) in [5.74, 6) is 2.75. The minimum Gasteiger partial charge on any atom is -0.488 e. The van der Waals surface area contributed by atoms with E-state index in [2.05, 4.69) is 15.2 Å². The Balaban J connectivity index is 1.64. The standard InChI is InChI=1S/C20H22N4O4/c1-25-13-18-22-23-20(24(18)15-5-8-19(26-2)21-11-15)14-3-6-16(7-4-14)28-17-9-10-27-12-17/h3-8,11,17H,9-10,12-13H2,1-2H3. The predicted octanol–water partition coefficient (Wildman–Crippen LogP) is 2.65. The van der Waals surface area contributed by atoms with E-state index < -0.39 is 0 Å². The second-order valence-corrected chi connectivity index (χ2v) is 6.39. The van der Waals surface area contributed by atoms with Gasteiger partial charge in [0.2, 0.25) is 5.88 Å². The summed E-state index contributed by atoms with van der Waals surface area (Å²) < 4.78 is 23.6. The molecule has 1 atom stereocenters. The number of hydrogen-bond acceptors (Lipinski definition) is 7. The summed E-state index contributed by atoms with van der Waals surface area (Å²) in [5, 5.41) is 8.66. The molecule has 0 saturated carbocycles. The van der Waals surface area contributed by atoms with Crippen molar-refractivity contribution in [1.82, 2.24) is 19.7 Å². The van der Waals surface area contributed by atoms with Crippen LogP contribution in [0.4, 0.5) is 0 Å². The van der Waals surface area contributed by atoms with Crippen LogP contribution in [0.3, 0.4) is 0 Å². The van der Waals surface area contributed by atoms with Gasteiger partial charge in [-0.3, -0.25) is 4.57 Å². The maximum absolute atomic E-state index is 5.94. The topological polar surface area (TPSA) is 80.5 Å². The number of hydrogen-bond donors (Lipinski definition) is 0. The lowest BCUT2D eigenvalue weighted by atomic mass is 10.2. The van der Waals surface area contributed by atoms with Crippen molar-refractivity contribution in [3.63, 3.8) is 0 Å². The van der Waals surface area contributed by atoms with E-state index in [4.69, 9.17) is 18.9 Å². The minimum atomic E-state index is 0.119. The number of ether oxygens (including phenoxy) is 4. The molecule has 28 heavy (non-hydrogen) atoms. The summed E-state index contributed by atoms with van der Waals surface area (Å²) in [6, 6.07) is 11.5. The Kier molecular flexibility index (Phi) is 5.50. The summed E-state index contributed by atoms with van der Waals surface area (Å²) in [5.41, 5.74) is 1.75. The highest BCUT2D eigenvalue weighted by Gasteiger charge is 2.18. The fourth-order valence-electron chi connectivity index (χ4n) is 3.10. The zero-order valence-electron chi connectivity index (χ0n) is 15.9. The lowest BCUT2D eigenvalue weighted by molar-refractivity contribution is 0.141. The first-order chi connectivity index (χ1) is 13.8. The molecule has 1 unspecified atom stereocenters. The molecular formula is C20H22N4O4. The van der Waals surface area contributed by atoms with Gasteiger partial charge in [0.15, 0.2) is 11.6 Å². The van der Waals surface area contributed by atoms with Crippen LogP contribution in [-0.2, 0) is 16.1 Å². The molecule has 4 rings (SSSR count). The van der Waals surface area contributed by atoms with E-state index in [1.54, 1.807) is 26.5 Å². The molecule has 3 heterocycles. The van der Waals surface area contributed by atoms with E-state index in [9.17, 15) is 0 Å². The molecule has 2 aromatic heterocycles. The van der Waals surface area contributed by atoms with Gasteiger partial charge in [-0.05, 0) is 30.3 Å². The van der Waals surface area contributed by atoms with Crippen molar-refractivity contribution >= 4 is 0 Å². The normalized spacial score (nSPS) is 16.3. The number of benzene rings is 1. The molecule has 0 spiro atoms. The van der Waals surface area contributed by atoms with E-state index in [-0.39, 0.29) is 6.10 Å². The molecule has 8 nitrogen and oxygen atoms in total. The van der Waals surface area contributed by atoms with Gasteiger partial charge in [-0.1, -0.05) is 0 Å². The van der Waals surface area contributed by atoms with Crippen LogP contribution in [0.5, 0.6) is 11.6 Å². The summed E-state index contributed by atoms with van der Waals surface area (Å²) in [6.07, 6.45) is 2.76. The largest absolute Gasteiger partial charge is 0.488 e. The SMILES string of the molecule is COCc1nnc(-c2ccc(OC3CCOC3)cc2)n1-c1ccc(OC)nc1. The average Bonchev–Trinajstić information content (AvgIpc) is 3.39. The maximum atomic E-state index is 5.94. The van der Waals surface area contributed by atoms with Crippen LogP contribution >= 0.6 is 0 Å². The first-order valence-electron chi connectivity index (χ1n) is 9.07. The molecule has 8 heteroatoms. The smallest absolute Gasteiger partial charge is 0.213 e. The number of rotatable bonds is 7. The Hall–Kier alpha value is -2.97. The molecule has 0 bridgehead atoms. The van der Waals surface area contributed by atoms with Crippen molar-refractivity contribution in [2.75, 3.05) is 27.4 Å². The van der Waals surface area contributed by atoms with Crippen LogP contribution in [0.2, 0.25) is 0 Å². The highest BCUT2D eigenvalue weighted by Crippen LogP contribution is 2.26. The Morgan fingerprint density at radius 1 is 1.11 bits per heavy atom. The summed E-state index contributed by atoms with van der Waals surface area (Å²) >= 11 is 0. The third kappa shape index (κ3) is 3.83. The molecule has 0 N–H and O–H groups in total. The van der Waals surface area contributed by atoms with Crippen molar-refractivity contribution in [2.24, 2.45) is 0 Å². The van der Waals surface area contributed by atoms with Gasteiger partial charge < -0.3 is 18.9 Å². The number of pyridine rings is 1. The van der Waals surface area contributed by atoms with Gasteiger partial charge in [-0.15, -0.1) is 10.2 Å². The van der Waals surface area contributed by atoms with Crippen LogP contribution in [-0.4, -0.2) is 53.3 Å². The van der Waals surface area contributed by atoms with Crippen molar-refractivity contribution < 1.29 is 18.9 Å². The quantitative estimate of drug-likeness (QED) is 0.621. The fraction of sp³-hybridized carbons (Fsp3) is 0.350. The van der Waals surface area contributed by atoms with Gasteiger partial charge in [-0.25, -0.2) is 4.98 Å². The van der Waals surface area contributed by atoms with Crippen LogP contribution in [0.1, 0.15) is 12.2 Å². The number of nitrogens with zero attached hydrogens (tertiary/aromatic N) is 4. The van der Waals surface area contributed by atoms with Gasteiger partial charge in [0, 0.05) is 25.2 Å². The maximum Gasteiger partial charge on any atom is 0.213 e.